The summed E-state index contributed by atoms with van der Waals surface area (Å²) in [5.41, 5.74) is 1.76. The molecule has 0 bridgehead atoms. The molecule has 0 radical (unpaired) electrons. The van der Waals surface area contributed by atoms with Crippen LogP contribution in [0.15, 0.2) is 24.3 Å². The van der Waals surface area contributed by atoms with Crippen molar-refractivity contribution in [2.45, 2.75) is 70.0 Å². The number of ether oxygens (including phenoxy) is 1. The van der Waals surface area contributed by atoms with E-state index in [1.165, 1.54) is 44.1 Å². The molecule has 152 valence electrons. The van der Waals surface area contributed by atoms with E-state index in [1.807, 2.05) is 12.1 Å². The Bertz CT molecular complexity index is 575. The zero-order valence-electron chi connectivity index (χ0n) is 15.9. The number of unbranched alkanes of at least 4 members (excludes halogenated alkanes) is 6. The third-order valence-electron chi connectivity index (χ3n) is 4.54. The van der Waals surface area contributed by atoms with Gasteiger partial charge in [-0.15, -0.1) is 0 Å². The van der Waals surface area contributed by atoms with Crippen molar-refractivity contribution >= 4 is 61.5 Å². The van der Waals surface area contributed by atoms with Gasteiger partial charge in [0.05, 0.1) is 13.2 Å². The van der Waals surface area contributed by atoms with E-state index in [0.29, 0.717) is 5.56 Å². The van der Waals surface area contributed by atoms with Gasteiger partial charge in [-0.2, -0.15) is 8.42 Å². The van der Waals surface area contributed by atoms with E-state index in [4.69, 9.17) is 9.84 Å². The molecule has 0 fully saturated rings. The third kappa shape index (κ3) is 12.8. The number of benzene rings is 1. The third-order valence-corrected chi connectivity index (χ3v) is 5.77. The quantitative estimate of drug-likeness (QED) is 0.254. The first kappa shape index (κ1) is 27.7. The van der Waals surface area contributed by atoms with Crippen molar-refractivity contribution in [2.24, 2.45) is 0 Å². The minimum absolute atomic E-state index is 0. The second-order valence-corrected chi connectivity index (χ2v) is 8.34. The molecule has 0 spiro atoms. The van der Waals surface area contributed by atoms with Crippen LogP contribution in [0.3, 0.4) is 0 Å². The first-order valence-corrected chi connectivity index (χ1v) is 11.2. The molecule has 2 N–H and O–H groups in total. The molecule has 7 heteroatoms. The van der Waals surface area contributed by atoms with Gasteiger partial charge in [0, 0.05) is 6.61 Å². The number of hydrogen-bond donors (Lipinski definition) is 2. The molecule has 1 unspecified atom stereocenters. The summed E-state index contributed by atoms with van der Waals surface area (Å²) in [6.07, 6.45) is 10.0. The van der Waals surface area contributed by atoms with Crippen molar-refractivity contribution in [2.75, 3.05) is 19.8 Å². The van der Waals surface area contributed by atoms with Gasteiger partial charge in [0.15, 0.2) is 0 Å². The van der Waals surface area contributed by atoms with Gasteiger partial charge in [0.25, 0.3) is 10.1 Å². The Morgan fingerprint density at radius 3 is 2.11 bits per heavy atom. The van der Waals surface area contributed by atoms with Crippen molar-refractivity contribution in [3.63, 3.8) is 0 Å². The average molecular weight is 427 g/mol. The predicted octanol–water partition coefficient (Wildman–Crippen LogP) is 3.66. The molecule has 1 aromatic carbocycles. The molecular formula is C20H35KO5S. The summed E-state index contributed by atoms with van der Waals surface area (Å²) >= 11 is 0. The molecule has 1 atom stereocenters. The molecule has 0 aromatic heterocycles. The van der Waals surface area contributed by atoms with E-state index in [0.717, 1.165) is 12.8 Å². The number of aryl methyl sites for hydroxylation is 1. The van der Waals surface area contributed by atoms with E-state index in [-0.39, 0.29) is 77.6 Å². The zero-order chi connectivity index (χ0) is 19.3. The number of hydrogen-bond acceptors (Lipinski definition) is 4. The Hall–Kier alpha value is 0.686. The Morgan fingerprint density at radius 1 is 0.963 bits per heavy atom. The SMILES string of the molecule is CCCCCCCCCc1ccc(C(CCOCCO)S(=O)(=O)O)cc1.[KH]. The maximum atomic E-state index is 11.7. The summed E-state index contributed by atoms with van der Waals surface area (Å²) in [5.74, 6) is 0. The molecule has 0 saturated heterocycles. The van der Waals surface area contributed by atoms with Crippen LogP contribution in [0.1, 0.15) is 74.7 Å². The van der Waals surface area contributed by atoms with Gasteiger partial charge in [-0.05, 0) is 30.4 Å². The van der Waals surface area contributed by atoms with Crippen LogP contribution in [0, 0.1) is 0 Å². The van der Waals surface area contributed by atoms with Gasteiger partial charge in [-0.25, -0.2) is 0 Å². The van der Waals surface area contributed by atoms with Crippen molar-refractivity contribution in [1.82, 2.24) is 0 Å². The van der Waals surface area contributed by atoms with Gasteiger partial charge >= 0.3 is 51.4 Å². The van der Waals surface area contributed by atoms with Gasteiger partial charge in [-0.1, -0.05) is 69.7 Å². The molecule has 1 rings (SSSR count). The Balaban J connectivity index is 0.00000676. The second kappa shape index (κ2) is 16.5. The first-order chi connectivity index (χ1) is 12.5. The summed E-state index contributed by atoms with van der Waals surface area (Å²) < 4.78 is 37.9. The van der Waals surface area contributed by atoms with Gasteiger partial charge in [0.1, 0.15) is 5.25 Å². The monoisotopic (exact) mass is 426 g/mol. The van der Waals surface area contributed by atoms with Crippen LogP contribution in [-0.2, 0) is 21.3 Å². The van der Waals surface area contributed by atoms with E-state index in [9.17, 15) is 13.0 Å². The van der Waals surface area contributed by atoms with Gasteiger partial charge < -0.3 is 9.84 Å². The summed E-state index contributed by atoms with van der Waals surface area (Å²) in [4.78, 5) is 0. The molecule has 1 aromatic rings. The number of aliphatic hydroxyl groups is 1. The second-order valence-electron chi connectivity index (χ2n) is 6.74. The standard InChI is InChI=1S/C20H34O5S.K.H/c1-2-3-4-5-6-7-8-9-18-10-12-19(13-11-18)20(26(22,23)24)14-16-25-17-15-21;;/h10-13,20-21H,2-9,14-17H2,1H3,(H,22,23,24);;. The number of rotatable bonds is 15. The van der Waals surface area contributed by atoms with Gasteiger partial charge in [0.2, 0.25) is 0 Å². The molecule has 0 heterocycles. The molecule has 0 aliphatic rings. The summed E-state index contributed by atoms with van der Waals surface area (Å²) in [7, 11) is -4.19. The van der Waals surface area contributed by atoms with Gasteiger partial charge in [-0.3, -0.25) is 4.55 Å². The molecule has 0 amide bonds. The fraction of sp³-hybridized carbons (Fsp3) is 0.700. The summed E-state index contributed by atoms with van der Waals surface area (Å²) in [5, 5.41) is 7.70. The molecule has 0 saturated carbocycles. The summed E-state index contributed by atoms with van der Waals surface area (Å²) in [6.45, 7) is 2.45. The fourth-order valence-electron chi connectivity index (χ4n) is 3.03. The Kier molecular flexibility index (Phi) is 16.9. The van der Waals surface area contributed by atoms with Crippen LogP contribution in [-0.4, -0.2) is 89.3 Å². The Labute approximate surface area is 207 Å². The fourth-order valence-corrected chi connectivity index (χ4v) is 3.92. The predicted molar refractivity (Wildman–Crippen MR) is 112 cm³/mol. The molecule has 5 nitrogen and oxygen atoms in total. The number of aliphatic hydroxyl groups excluding tert-OH is 1. The minimum atomic E-state index is -4.19. The molecule has 0 aliphatic heterocycles. The normalized spacial score (nSPS) is 12.6. The van der Waals surface area contributed by atoms with Crippen LogP contribution >= 0.6 is 0 Å². The van der Waals surface area contributed by atoms with E-state index >= 15 is 0 Å². The topological polar surface area (TPSA) is 83.8 Å². The van der Waals surface area contributed by atoms with Crippen molar-refractivity contribution < 1.29 is 22.8 Å². The van der Waals surface area contributed by atoms with E-state index in [1.54, 1.807) is 12.1 Å². The maximum absolute atomic E-state index is 11.7. The molecular weight excluding hydrogens is 391 g/mol. The average Bonchev–Trinajstić information content (AvgIpc) is 2.61. The molecule has 27 heavy (non-hydrogen) atoms. The summed E-state index contributed by atoms with van der Waals surface area (Å²) in [6, 6.07) is 7.44. The van der Waals surface area contributed by atoms with E-state index in [2.05, 4.69) is 6.92 Å². The van der Waals surface area contributed by atoms with Crippen LogP contribution in [0.5, 0.6) is 0 Å². The van der Waals surface area contributed by atoms with Crippen molar-refractivity contribution in [3.05, 3.63) is 35.4 Å². The van der Waals surface area contributed by atoms with Crippen LogP contribution in [0.2, 0.25) is 0 Å². The van der Waals surface area contributed by atoms with Crippen LogP contribution < -0.4 is 0 Å². The van der Waals surface area contributed by atoms with Crippen LogP contribution in [0.25, 0.3) is 0 Å². The molecule has 0 aliphatic carbocycles. The zero-order valence-corrected chi connectivity index (χ0v) is 16.7. The van der Waals surface area contributed by atoms with E-state index < -0.39 is 15.4 Å². The Morgan fingerprint density at radius 2 is 1.56 bits per heavy atom. The van der Waals surface area contributed by atoms with Crippen molar-refractivity contribution in [3.8, 4) is 0 Å². The van der Waals surface area contributed by atoms with Crippen LogP contribution in [0.4, 0.5) is 0 Å². The van der Waals surface area contributed by atoms with Crippen molar-refractivity contribution in [1.29, 1.82) is 0 Å². The first-order valence-electron chi connectivity index (χ1n) is 9.72.